The summed E-state index contributed by atoms with van der Waals surface area (Å²) in [6.45, 7) is 2.17. The van der Waals surface area contributed by atoms with E-state index in [1.165, 1.54) is 18.5 Å². The molecule has 0 atom stereocenters. The zero-order valence-corrected chi connectivity index (χ0v) is 13.6. The molecule has 0 bridgehead atoms. The zero-order valence-electron chi connectivity index (χ0n) is 13.6. The summed E-state index contributed by atoms with van der Waals surface area (Å²) in [6.07, 6.45) is -0.255. The van der Waals surface area contributed by atoms with Gasteiger partial charge in [0.05, 0.1) is 5.52 Å². The minimum absolute atomic E-state index is 0.398. The molecule has 2 heterocycles. The Hall–Kier alpha value is -2.76. The molecule has 1 saturated heterocycles. The predicted molar refractivity (Wildman–Crippen MR) is 95.7 cm³/mol. The number of halogens is 2. The lowest BCUT2D eigenvalue weighted by molar-refractivity contribution is 0.141. The maximum absolute atomic E-state index is 13.1. The summed E-state index contributed by atoms with van der Waals surface area (Å²) in [4.78, 5) is 10.3. The van der Waals surface area contributed by atoms with E-state index in [2.05, 4.69) is 20.2 Å². The molecule has 4 rings (SSSR count). The lowest BCUT2D eigenvalue weighted by Gasteiger charge is -2.18. The Kier molecular flexibility index (Phi) is 4.17. The SMILES string of the molecule is FC(F)c1nc(Nc2ccc(N3CCCC3)cc2)c2ccccc2n1. The maximum atomic E-state index is 13.1. The van der Waals surface area contributed by atoms with Crippen molar-refractivity contribution in [3.05, 3.63) is 54.4 Å². The van der Waals surface area contributed by atoms with Gasteiger partial charge >= 0.3 is 0 Å². The molecule has 0 saturated carbocycles. The van der Waals surface area contributed by atoms with Gasteiger partial charge in [-0.15, -0.1) is 0 Å². The summed E-state index contributed by atoms with van der Waals surface area (Å²) in [5, 5.41) is 3.88. The van der Waals surface area contributed by atoms with E-state index in [-0.39, 0.29) is 0 Å². The van der Waals surface area contributed by atoms with Crippen molar-refractivity contribution in [2.24, 2.45) is 0 Å². The Balaban J connectivity index is 1.65. The van der Waals surface area contributed by atoms with Gasteiger partial charge in [-0.1, -0.05) is 12.1 Å². The number of alkyl halides is 2. The molecule has 1 aliphatic rings. The van der Waals surface area contributed by atoms with Crippen LogP contribution in [0.5, 0.6) is 0 Å². The topological polar surface area (TPSA) is 41.1 Å². The van der Waals surface area contributed by atoms with E-state index in [0.29, 0.717) is 11.3 Å². The molecule has 2 aromatic carbocycles. The molecule has 1 N–H and O–H groups in total. The third-order valence-corrected chi connectivity index (χ3v) is 4.42. The van der Waals surface area contributed by atoms with Gasteiger partial charge in [-0.25, -0.2) is 18.7 Å². The quantitative estimate of drug-likeness (QED) is 0.732. The largest absolute Gasteiger partial charge is 0.372 e. The number of nitrogens with zero attached hydrogens (tertiary/aromatic N) is 3. The van der Waals surface area contributed by atoms with Gasteiger partial charge in [0.2, 0.25) is 0 Å². The van der Waals surface area contributed by atoms with Crippen LogP contribution in [-0.2, 0) is 0 Å². The molecule has 0 spiro atoms. The van der Waals surface area contributed by atoms with Crippen LogP contribution in [0.3, 0.4) is 0 Å². The van der Waals surface area contributed by atoms with E-state index in [4.69, 9.17) is 0 Å². The number of fused-ring (bicyclic) bond motifs is 1. The van der Waals surface area contributed by atoms with Crippen molar-refractivity contribution >= 4 is 28.1 Å². The number of hydrogen-bond donors (Lipinski definition) is 1. The van der Waals surface area contributed by atoms with E-state index >= 15 is 0 Å². The van der Waals surface area contributed by atoms with Gasteiger partial charge in [0.1, 0.15) is 5.82 Å². The first kappa shape index (κ1) is 15.7. The number of benzene rings is 2. The highest BCUT2D eigenvalue weighted by molar-refractivity contribution is 5.90. The molecule has 6 heteroatoms. The van der Waals surface area contributed by atoms with Crippen molar-refractivity contribution in [1.29, 1.82) is 0 Å². The van der Waals surface area contributed by atoms with Crippen molar-refractivity contribution < 1.29 is 8.78 Å². The maximum Gasteiger partial charge on any atom is 0.297 e. The fourth-order valence-electron chi connectivity index (χ4n) is 3.16. The summed E-state index contributed by atoms with van der Waals surface area (Å²) < 4.78 is 26.2. The number of hydrogen-bond acceptors (Lipinski definition) is 4. The summed E-state index contributed by atoms with van der Waals surface area (Å²) in [5.74, 6) is -0.0651. The minimum atomic E-state index is -2.71. The van der Waals surface area contributed by atoms with Gasteiger partial charge in [0.25, 0.3) is 6.43 Å². The zero-order chi connectivity index (χ0) is 17.2. The number of nitrogens with one attached hydrogen (secondary N) is 1. The number of anilines is 3. The van der Waals surface area contributed by atoms with E-state index in [9.17, 15) is 8.78 Å². The first-order valence-electron chi connectivity index (χ1n) is 8.37. The van der Waals surface area contributed by atoms with E-state index in [1.807, 2.05) is 36.4 Å². The second-order valence-corrected chi connectivity index (χ2v) is 6.11. The van der Waals surface area contributed by atoms with Crippen molar-refractivity contribution in [2.45, 2.75) is 19.3 Å². The Labute approximate surface area is 144 Å². The van der Waals surface area contributed by atoms with Crippen LogP contribution in [-0.4, -0.2) is 23.1 Å². The highest BCUT2D eigenvalue weighted by Gasteiger charge is 2.16. The molecule has 1 aliphatic heterocycles. The Morgan fingerprint density at radius 1 is 0.920 bits per heavy atom. The third kappa shape index (κ3) is 3.24. The van der Waals surface area contributed by atoms with Gasteiger partial charge in [-0.2, -0.15) is 0 Å². The third-order valence-electron chi connectivity index (χ3n) is 4.42. The van der Waals surface area contributed by atoms with Crippen LogP contribution in [0, 0.1) is 0 Å². The lowest BCUT2D eigenvalue weighted by Crippen LogP contribution is -2.17. The second-order valence-electron chi connectivity index (χ2n) is 6.11. The van der Waals surface area contributed by atoms with Crippen LogP contribution < -0.4 is 10.2 Å². The number of rotatable bonds is 4. The summed E-state index contributed by atoms with van der Waals surface area (Å²) in [6, 6.07) is 15.2. The van der Waals surface area contributed by atoms with Crippen LogP contribution in [0.1, 0.15) is 25.1 Å². The fourth-order valence-corrected chi connectivity index (χ4v) is 3.16. The lowest BCUT2D eigenvalue weighted by atomic mass is 10.2. The van der Waals surface area contributed by atoms with Gasteiger partial charge in [-0.3, -0.25) is 0 Å². The summed E-state index contributed by atoms with van der Waals surface area (Å²) >= 11 is 0. The van der Waals surface area contributed by atoms with Crippen molar-refractivity contribution in [3.8, 4) is 0 Å². The van der Waals surface area contributed by atoms with Crippen LogP contribution in [0.4, 0.5) is 26.0 Å². The molecule has 4 nitrogen and oxygen atoms in total. The molecule has 0 aliphatic carbocycles. The molecular formula is C19H18F2N4. The van der Waals surface area contributed by atoms with Crippen molar-refractivity contribution in [1.82, 2.24) is 9.97 Å². The minimum Gasteiger partial charge on any atom is -0.372 e. The van der Waals surface area contributed by atoms with Crippen LogP contribution >= 0.6 is 0 Å². The predicted octanol–water partition coefficient (Wildman–Crippen LogP) is 4.91. The molecule has 128 valence electrons. The summed E-state index contributed by atoms with van der Waals surface area (Å²) in [7, 11) is 0. The molecule has 25 heavy (non-hydrogen) atoms. The average Bonchev–Trinajstić information content (AvgIpc) is 3.17. The van der Waals surface area contributed by atoms with Gasteiger partial charge in [-0.05, 0) is 49.2 Å². The first-order valence-corrected chi connectivity index (χ1v) is 8.37. The monoisotopic (exact) mass is 340 g/mol. The number of aromatic nitrogens is 2. The molecule has 1 aromatic heterocycles. The Bertz CT molecular complexity index is 874. The van der Waals surface area contributed by atoms with Crippen LogP contribution in [0.25, 0.3) is 10.9 Å². The van der Waals surface area contributed by atoms with Gasteiger partial charge in [0.15, 0.2) is 5.82 Å². The summed E-state index contributed by atoms with van der Waals surface area (Å²) in [5.41, 5.74) is 2.50. The molecular weight excluding hydrogens is 322 g/mol. The van der Waals surface area contributed by atoms with E-state index in [0.717, 1.165) is 24.2 Å². The molecule has 0 amide bonds. The second kappa shape index (κ2) is 6.63. The van der Waals surface area contributed by atoms with Crippen LogP contribution in [0.2, 0.25) is 0 Å². The van der Waals surface area contributed by atoms with Gasteiger partial charge < -0.3 is 10.2 Å². The van der Waals surface area contributed by atoms with E-state index in [1.54, 1.807) is 12.1 Å². The molecule has 0 radical (unpaired) electrons. The first-order chi connectivity index (χ1) is 12.2. The highest BCUT2D eigenvalue weighted by Crippen LogP contribution is 2.28. The van der Waals surface area contributed by atoms with Crippen molar-refractivity contribution in [3.63, 3.8) is 0 Å². The van der Waals surface area contributed by atoms with E-state index < -0.39 is 12.2 Å². The highest BCUT2D eigenvalue weighted by atomic mass is 19.3. The van der Waals surface area contributed by atoms with Gasteiger partial charge in [0, 0.05) is 29.9 Å². The number of para-hydroxylation sites is 1. The average molecular weight is 340 g/mol. The van der Waals surface area contributed by atoms with Crippen LogP contribution in [0.15, 0.2) is 48.5 Å². The Morgan fingerprint density at radius 2 is 1.64 bits per heavy atom. The molecule has 1 fully saturated rings. The standard InChI is InChI=1S/C19H18F2N4/c20-17(21)19-23-16-6-2-1-5-15(16)18(24-19)22-13-7-9-14(10-8-13)25-11-3-4-12-25/h1-2,5-10,17H,3-4,11-12H2,(H,22,23,24). The smallest absolute Gasteiger partial charge is 0.297 e. The van der Waals surface area contributed by atoms with Crippen molar-refractivity contribution in [2.75, 3.05) is 23.3 Å². The normalized spacial score (nSPS) is 14.4. The Morgan fingerprint density at radius 3 is 2.36 bits per heavy atom. The fraction of sp³-hybridized carbons (Fsp3) is 0.263. The molecule has 0 unspecified atom stereocenters. The molecule has 3 aromatic rings.